The molecule has 23 heavy (non-hydrogen) atoms. The van der Waals surface area contributed by atoms with Gasteiger partial charge in [-0.15, -0.1) is 0 Å². The topological polar surface area (TPSA) is 127 Å². The molecule has 1 amide bonds. The minimum atomic E-state index is -3.57. The summed E-state index contributed by atoms with van der Waals surface area (Å²) in [6.07, 6.45) is 2.96. The molecule has 0 saturated heterocycles. The molecular weight excluding hydrogens is 322 g/mol. The first-order valence-corrected chi connectivity index (χ1v) is 8.35. The number of amides is 1. The van der Waals surface area contributed by atoms with Crippen LogP contribution in [0, 0.1) is 0 Å². The van der Waals surface area contributed by atoms with Gasteiger partial charge >= 0.3 is 0 Å². The van der Waals surface area contributed by atoms with Gasteiger partial charge in [-0.3, -0.25) is 9.78 Å². The van der Waals surface area contributed by atoms with Crippen LogP contribution in [0.2, 0.25) is 0 Å². The molecule has 0 aromatic carbocycles. The molecule has 0 fully saturated rings. The number of rotatable bonds is 4. The molecule has 126 valence electrons. The Morgan fingerprint density at radius 3 is 2.83 bits per heavy atom. The minimum absolute atomic E-state index is 0.0902. The van der Waals surface area contributed by atoms with Crippen molar-refractivity contribution in [2.24, 2.45) is 10.7 Å². The van der Waals surface area contributed by atoms with Crippen molar-refractivity contribution < 1.29 is 17.9 Å². The van der Waals surface area contributed by atoms with Crippen LogP contribution in [0.25, 0.3) is 0 Å². The van der Waals surface area contributed by atoms with Crippen molar-refractivity contribution in [3.8, 4) is 0 Å². The second-order valence-corrected chi connectivity index (χ2v) is 7.41. The lowest BCUT2D eigenvalue weighted by Gasteiger charge is -2.34. The van der Waals surface area contributed by atoms with Crippen LogP contribution in [0.4, 0.5) is 5.69 Å². The Kier molecular flexibility index (Phi) is 4.57. The Labute approximate surface area is 134 Å². The Morgan fingerprint density at radius 1 is 1.52 bits per heavy atom. The van der Waals surface area contributed by atoms with Crippen LogP contribution in [-0.4, -0.2) is 56.1 Å². The van der Waals surface area contributed by atoms with Crippen LogP contribution >= 0.6 is 0 Å². The molecule has 1 aromatic heterocycles. The van der Waals surface area contributed by atoms with E-state index in [0.29, 0.717) is 11.3 Å². The van der Waals surface area contributed by atoms with Gasteiger partial charge in [-0.2, -0.15) is 0 Å². The maximum Gasteiger partial charge on any atom is 0.250 e. The molecule has 0 saturated carbocycles. The third-order valence-corrected chi connectivity index (χ3v) is 5.43. The third kappa shape index (κ3) is 3.59. The molecular formula is C13H19N5O4S. The number of methoxy groups -OCH3 is 1. The summed E-state index contributed by atoms with van der Waals surface area (Å²) >= 11 is 0. The lowest BCUT2D eigenvalue weighted by molar-refractivity contribution is -0.119. The molecule has 3 N–H and O–H groups in total. The number of nitrogens with two attached hydrogens (primary N) is 1. The van der Waals surface area contributed by atoms with E-state index in [1.54, 1.807) is 13.0 Å². The predicted octanol–water partition coefficient (Wildman–Crippen LogP) is -0.528. The molecule has 2 rings (SSSR count). The molecule has 2 heterocycles. The molecule has 0 radical (unpaired) electrons. The highest BCUT2D eigenvalue weighted by Gasteiger charge is 2.40. The number of aliphatic imine (C=N–C) groups is 1. The molecule has 1 atom stereocenters. The molecule has 0 spiro atoms. The molecule has 1 aliphatic rings. The van der Waals surface area contributed by atoms with Crippen LogP contribution in [0.5, 0.6) is 0 Å². The number of anilines is 1. The zero-order valence-electron chi connectivity index (χ0n) is 13.1. The van der Waals surface area contributed by atoms with Gasteiger partial charge in [0.25, 0.3) is 0 Å². The first kappa shape index (κ1) is 17.2. The Bertz CT molecular complexity index is 748. The maximum atomic E-state index is 12.2. The summed E-state index contributed by atoms with van der Waals surface area (Å²) in [5, 5.41) is 2.61. The smallest absolute Gasteiger partial charge is 0.250 e. The summed E-state index contributed by atoms with van der Waals surface area (Å²) in [6, 6.07) is 1.62. The van der Waals surface area contributed by atoms with E-state index < -0.39 is 15.6 Å². The van der Waals surface area contributed by atoms with Crippen molar-refractivity contribution in [3.05, 3.63) is 24.0 Å². The lowest BCUT2D eigenvalue weighted by Crippen LogP contribution is -2.50. The van der Waals surface area contributed by atoms with E-state index >= 15 is 0 Å². The minimum Gasteiger partial charge on any atom is -0.375 e. The average Bonchev–Trinajstić information content (AvgIpc) is 2.45. The highest BCUT2D eigenvalue weighted by molar-refractivity contribution is 7.89. The van der Waals surface area contributed by atoms with Gasteiger partial charge in [0.2, 0.25) is 21.9 Å². The van der Waals surface area contributed by atoms with Crippen molar-refractivity contribution in [2.75, 3.05) is 31.8 Å². The van der Waals surface area contributed by atoms with Gasteiger partial charge in [0.1, 0.15) is 12.1 Å². The van der Waals surface area contributed by atoms with E-state index in [1.807, 2.05) is 0 Å². The first-order valence-electron chi connectivity index (χ1n) is 6.74. The van der Waals surface area contributed by atoms with Crippen molar-refractivity contribution >= 4 is 27.6 Å². The summed E-state index contributed by atoms with van der Waals surface area (Å²) in [6.45, 7) is 1.56. The zero-order valence-corrected chi connectivity index (χ0v) is 13.9. The van der Waals surface area contributed by atoms with Crippen molar-refractivity contribution in [2.45, 2.75) is 12.5 Å². The second-order valence-electron chi connectivity index (χ2n) is 5.41. The molecule has 0 bridgehead atoms. The number of hydrogen-bond donors (Lipinski definition) is 2. The fraction of sp³-hybridized carbons (Fsp3) is 0.462. The van der Waals surface area contributed by atoms with Crippen LogP contribution in [0.3, 0.4) is 0 Å². The monoisotopic (exact) mass is 341 g/mol. The number of sulfonamides is 1. The van der Waals surface area contributed by atoms with E-state index in [4.69, 9.17) is 10.5 Å². The molecule has 9 nitrogen and oxygen atoms in total. The number of carbonyl (C=O) groups excluding carboxylic acids is 1. The number of aromatic nitrogens is 1. The number of hydrogen-bond acceptors (Lipinski definition) is 7. The lowest BCUT2D eigenvalue weighted by atomic mass is 9.96. The van der Waals surface area contributed by atoms with Crippen LogP contribution in [0.1, 0.15) is 12.5 Å². The number of ether oxygens (including phenoxy) is 1. The van der Waals surface area contributed by atoms with E-state index in [-0.39, 0.29) is 24.2 Å². The standard InChI is InChI=1S/C13H19N5O4S/c1-13(8-23(20,21)18(2)12(14)17-13)9-4-10(6-15-5-9)16-11(19)7-22-3/h4-6H,7-8H2,1-3H3,(H2,14,17)(H,16,19)/t13-/m0/s1. The van der Waals surface area contributed by atoms with Gasteiger partial charge < -0.3 is 15.8 Å². The van der Waals surface area contributed by atoms with E-state index in [0.717, 1.165) is 4.31 Å². The van der Waals surface area contributed by atoms with Crippen LogP contribution < -0.4 is 11.1 Å². The number of nitrogens with one attached hydrogen (secondary N) is 1. The maximum absolute atomic E-state index is 12.2. The quantitative estimate of drug-likeness (QED) is 0.758. The van der Waals surface area contributed by atoms with Crippen LogP contribution in [0.15, 0.2) is 23.5 Å². The van der Waals surface area contributed by atoms with Gasteiger partial charge in [-0.25, -0.2) is 17.7 Å². The molecule has 0 aliphatic carbocycles. The van der Waals surface area contributed by atoms with E-state index in [2.05, 4.69) is 15.3 Å². The molecule has 1 aromatic rings. The summed E-state index contributed by atoms with van der Waals surface area (Å²) in [4.78, 5) is 19.9. The summed E-state index contributed by atoms with van der Waals surface area (Å²) in [7, 11) is -0.801. The van der Waals surface area contributed by atoms with Gasteiger partial charge in [-0.05, 0) is 13.0 Å². The number of carbonyl (C=O) groups is 1. The highest BCUT2D eigenvalue weighted by Crippen LogP contribution is 2.32. The number of guanidine groups is 1. The van der Waals surface area contributed by atoms with Crippen molar-refractivity contribution in [1.82, 2.24) is 9.29 Å². The Balaban J connectivity index is 2.36. The van der Waals surface area contributed by atoms with E-state index in [1.165, 1.54) is 26.6 Å². The van der Waals surface area contributed by atoms with Gasteiger partial charge in [0, 0.05) is 25.9 Å². The zero-order chi connectivity index (χ0) is 17.3. The summed E-state index contributed by atoms with van der Waals surface area (Å²) < 4.78 is 30.1. The number of pyridine rings is 1. The fourth-order valence-corrected chi connectivity index (χ4v) is 3.69. The predicted molar refractivity (Wildman–Crippen MR) is 85.3 cm³/mol. The van der Waals surface area contributed by atoms with Crippen molar-refractivity contribution in [1.29, 1.82) is 0 Å². The van der Waals surface area contributed by atoms with Gasteiger partial charge in [-0.1, -0.05) is 0 Å². The number of nitrogens with zero attached hydrogens (tertiary/aromatic N) is 3. The fourth-order valence-electron chi connectivity index (χ4n) is 2.23. The third-order valence-electron chi connectivity index (χ3n) is 3.48. The Hall–Kier alpha value is -2.20. The SMILES string of the molecule is COCC(=O)Nc1cncc([C@]2(C)CS(=O)(=O)N(C)C(N)=N2)c1. The van der Waals surface area contributed by atoms with Crippen LogP contribution in [-0.2, 0) is 25.1 Å². The summed E-state index contributed by atoms with van der Waals surface area (Å²) in [5.74, 6) is -0.669. The van der Waals surface area contributed by atoms with E-state index in [9.17, 15) is 13.2 Å². The van der Waals surface area contributed by atoms with Crippen molar-refractivity contribution in [3.63, 3.8) is 0 Å². The summed E-state index contributed by atoms with van der Waals surface area (Å²) in [5.41, 5.74) is 5.60. The first-order chi connectivity index (χ1) is 10.7. The van der Waals surface area contributed by atoms with Gasteiger partial charge in [0.05, 0.1) is 17.6 Å². The second kappa shape index (κ2) is 6.13. The highest BCUT2D eigenvalue weighted by atomic mass is 32.2. The van der Waals surface area contributed by atoms with Gasteiger partial charge in [0.15, 0.2) is 0 Å². The molecule has 1 aliphatic heterocycles. The molecule has 0 unspecified atom stereocenters. The molecule has 10 heteroatoms. The Morgan fingerprint density at radius 2 is 2.22 bits per heavy atom. The largest absolute Gasteiger partial charge is 0.375 e. The normalized spacial score (nSPS) is 23.3. The average molecular weight is 341 g/mol.